The van der Waals surface area contributed by atoms with E-state index in [1.165, 1.54) is 56.9 Å². The van der Waals surface area contributed by atoms with Crippen LogP contribution < -0.4 is 4.74 Å². The first-order chi connectivity index (χ1) is 13.7. The minimum atomic E-state index is 0.440. The quantitative estimate of drug-likeness (QED) is 0.638. The maximum atomic E-state index is 6.02. The fourth-order valence-corrected chi connectivity index (χ4v) is 4.66. The molecule has 1 aromatic heterocycles. The van der Waals surface area contributed by atoms with E-state index in [-0.39, 0.29) is 0 Å². The second kappa shape index (κ2) is 9.23. The summed E-state index contributed by atoms with van der Waals surface area (Å²) < 4.78 is 10.7. The number of hydrogen-bond donors (Lipinski definition) is 0. The molecular weight excluding hydrogens is 368 g/mol. The van der Waals surface area contributed by atoms with E-state index in [1.807, 2.05) is 16.3 Å². The Morgan fingerprint density at radius 2 is 1.68 bits per heavy atom. The Labute approximate surface area is 173 Å². The minimum absolute atomic E-state index is 0.440. The molecule has 152 valence electrons. The van der Waals surface area contributed by atoms with Crippen LogP contribution in [-0.4, -0.2) is 32.3 Å². The van der Waals surface area contributed by atoms with E-state index in [4.69, 9.17) is 22.1 Å². The fourth-order valence-electron chi connectivity index (χ4n) is 4.46. The number of nitrogens with zero attached hydrogens (tertiary/aromatic N) is 4. The van der Waals surface area contributed by atoms with Crippen LogP contribution in [0.3, 0.4) is 0 Å². The molecule has 0 amide bonds. The van der Waals surface area contributed by atoms with Crippen LogP contribution in [0.5, 0.6) is 5.75 Å². The lowest BCUT2D eigenvalue weighted by molar-refractivity contribution is 0.171. The Morgan fingerprint density at radius 1 is 1.00 bits per heavy atom. The zero-order valence-electron chi connectivity index (χ0n) is 17.0. The SMILES string of the molecule is Cn1c(COc2ccc(C3CCCCC3)cc2)nn(CN2CCCCC2)c1=S. The van der Waals surface area contributed by atoms with Crippen LogP contribution in [0, 0.1) is 4.77 Å². The molecule has 2 aliphatic rings. The van der Waals surface area contributed by atoms with Gasteiger partial charge in [0.25, 0.3) is 0 Å². The van der Waals surface area contributed by atoms with Crippen LogP contribution in [0.1, 0.15) is 68.7 Å². The molecule has 28 heavy (non-hydrogen) atoms. The zero-order chi connectivity index (χ0) is 19.3. The van der Waals surface area contributed by atoms with Crippen molar-refractivity contribution < 1.29 is 4.74 Å². The second-order valence-corrected chi connectivity index (χ2v) is 8.64. The van der Waals surface area contributed by atoms with Crippen LogP contribution in [0.15, 0.2) is 24.3 Å². The molecule has 2 aromatic rings. The van der Waals surface area contributed by atoms with Gasteiger partial charge in [0, 0.05) is 7.05 Å². The summed E-state index contributed by atoms with van der Waals surface area (Å²) in [6.07, 6.45) is 10.6. The van der Waals surface area contributed by atoms with E-state index in [1.54, 1.807) is 0 Å². The molecule has 2 fully saturated rings. The van der Waals surface area contributed by atoms with Crippen molar-refractivity contribution >= 4 is 12.2 Å². The average molecular weight is 401 g/mol. The van der Waals surface area contributed by atoms with E-state index in [0.717, 1.165) is 42.0 Å². The van der Waals surface area contributed by atoms with Gasteiger partial charge in [-0.25, -0.2) is 4.68 Å². The number of likely N-dealkylation sites (tertiary alicyclic amines) is 1. The van der Waals surface area contributed by atoms with Crippen molar-refractivity contribution in [3.63, 3.8) is 0 Å². The van der Waals surface area contributed by atoms with Crippen molar-refractivity contribution in [1.29, 1.82) is 0 Å². The van der Waals surface area contributed by atoms with Crippen molar-refractivity contribution in [2.24, 2.45) is 7.05 Å². The average Bonchev–Trinajstić information content (AvgIpc) is 3.02. The molecule has 4 rings (SSSR count). The second-order valence-electron chi connectivity index (χ2n) is 8.27. The molecule has 1 aliphatic carbocycles. The molecule has 1 saturated heterocycles. The normalized spacial score (nSPS) is 19.0. The molecule has 1 saturated carbocycles. The maximum absolute atomic E-state index is 6.02. The van der Waals surface area contributed by atoms with Gasteiger partial charge in [0.2, 0.25) is 0 Å². The summed E-state index contributed by atoms with van der Waals surface area (Å²) in [6.45, 7) is 3.49. The third-order valence-electron chi connectivity index (χ3n) is 6.24. The van der Waals surface area contributed by atoms with Gasteiger partial charge in [0.05, 0.1) is 6.67 Å². The largest absolute Gasteiger partial charge is 0.486 e. The van der Waals surface area contributed by atoms with Gasteiger partial charge >= 0.3 is 0 Å². The molecule has 6 heteroatoms. The van der Waals surface area contributed by atoms with E-state index >= 15 is 0 Å². The maximum Gasteiger partial charge on any atom is 0.198 e. The first-order valence-corrected chi connectivity index (χ1v) is 11.2. The molecule has 2 heterocycles. The van der Waals surface area contributed by atoms with Crippen molar-refractivity contribution in [3.8, 4) is 5.75 Å². The highest BCUT2D eigenvalue weighted by atomic mass is 32.1. The summed E-state index contributed by atoms with van der Waals surface area (Å²) in [4.78, 5) is 2.43. The highest BCUT2D eigenvalue weighted by Gasteiger charge is 2.16. The predicted octanol–water partition coefficient (Wildman–Crippen LogP) is 5.02. The van der Waals surface area contributed by atoms with Crippen LogP contribution >= 0.6 is 12.2 Å². The fraction of sp³-hybridized carbons (Fsp3) is 0.636. The van der Waals surface area contributed by atoms with Gasteiger partial charge in [-0.2, -0.15) is 5.10 Å². The predicted molar refractivity (Wildman–Crippen MR) is 114 cm³/mol. The first kappa shape index (κ1) is 19.6. The smallest absolute Gasteiger partial charge is 0.198 e. The standard InChI is InChI=1S/C22H32N4OS/c1-24-21(23-26(22(24)28)17-25-14-6-3-7-15-25)16-27-20-12-10-19(11-13-20)18-8-4-2-5-9-18/h10-13,18H,2-9,14-17H2,1H3. The van der Waals surface area contributed by atoms with Crippen molar-refractivity contribution in [1.82, 2.24) is 19.2 Å². The van der Waals surface area contributed by atoms with E-state index in [9.17, 15) is 0 Å². The van der Waals surface area contributed by atoms with E-state index < -0.39 is 0 Å². The van der Waals surface area contributed by atoms with Gasteiger partial charge in [-0.05, 0) is 74.6 Å². The van der Waals surface area contributed by atoms with Crippen LogP contribution in [0.25, 0.3) is 0 Å². The Morgan fingerprint density at radius 3 is 2.39 bits per heavy atom. The van der Waals surface area contributed by atoms with Gasteiger partial charge in [-0.1, -0.05) is 37.8 Å². The van der Waals surface area contributed by atoms with Gasteiger partial charge < -0.3 is 9.30 Å². The summed E-state index contributed by atoms with van der Waals surface area (Å²) in [6, 6.07) is 8.67. The summed E-state index contributed by atoms with van der Waals surface area (Å²) in [5.41, 5.74) is 1.45. The molecule has 0 radical (unpaired) electrons. The number of benzene rings is 1. The first-order valence-electron chi connectivity index (χ1n) is 10.8. The minimum Gasteiger partial charge on any atom is -0.486 e. The van der Waals surface area contributed by atoms with Crippen LogP contribution in [0.2, 0.25) is 0 Å². The van der Waals surface area contributed by atoms with Gasteiger partial charge in [0.15, 0.2) is 10.6 Å². The number of ether oxygens (including phenoxy) is 1. The highest BCUT2D eigenvalue weighted by Crippen LogP contribution is 2.33. The number of aromatic nitrogens is 3. The Hall–Kier alpha value is -1.66. The van der Waals surface area contributed by atoms with Crippen molar-refractivity contribution in [2.45, 2.75) is 70.6 Å². The van der Waals surface area contributed by atoms with Gasteiger partial charge in [0.1, 0.15) is 12.4 Å². The molecule has 1 aromatic carbocycles. The Bertz CT molecular complexity index is 814. The van der Waals surface area contributed by atoms with Crippen molar-refractivity contribution in [2.75, 3.05) is 13.1 Å². The lowest BCUT2D eigenvalue weighted by atomic mass is 9.84. The zero-order valence-corrected chi connectivity index (χ0v) is 17.8. The van der Waals surface area contributed by atoms with E-state index in [0.29, 0.717) is 6.61 Å². The lowest BCUT2D eigenvalue weighted by Gasteiger charge is -2.25. The van der Waals surface area contributed by atoms with Gasteiger partial charge in [-0.3, -0.25) is 4.90 Å². The molecule has 5 nitrogen and oxygen atoms in total. The summed E-state index contributed by atoms with van der Waals surface area (Å²) >= 11 is 5.58. The summed E-state index contributed by atoms with van der Waals surface area (Å²) in [5.74, 6) is 2.50. The highest BCUT2D eigenvalue weighted by molar-refractivity contribution is 7.71. The Kier molecular flexibility index (Phi) is 6.47. The number of hydrogen-bond acceptors (Lipinski definition) is 4. The topological polar surface area (TPSA) is 35.2 Å². The molecule has 0 spiro atoms. The Balaban J connectivity index is 1.36. The summed E-state index contributed by atoms with van der Waals surface area (Å²) in [7, 11) is 1.98. The lowest BCUT2D eigenvalue weighted by Crippen LogP contribution is -2.32. The number of piperidine rings is 1. The number of rotatable bonds is 6. The third-order valence-corrected chi connectivity index (χ3v) is 6.72. The summed E-state index contributed by atoms with van der Waals surface area (Å²) in [5, 5.41) is 4.72. The third kappa shape index (κ3) is 4.66. The molecule has 0 atom stereocenters. The van der Waals surface area contributed by atoms with Crippen molar-refractivity contribution in [3.05, 3.63) is 40.4 Å². The van der Waals surface area contributed by atoms with E-state index in [2.05, 4.69) is 29.2 Å². The molecule has 1 aliphatic heterocycles. The monoisotopic (exact) mass is 400 g/mol. The molecule has 0 bridgehead atoms. The van der Waals surface area contributed by atoms with Crippen LogP contribution in [0.4, 0.5) is 0 Å². The van der Waals surface area contributed by atoms with Crippen LogP contribution in [-0.2, 0) is 20.3 Å². The molecule has 0 N–H and O–H groups in total. The molecule has 0 unspecified atom stereocenters. The van der Waals surface area contributed by atoms with Gasteiger partial charge in [-0.15, -0.1) is 0 Å². The molecular formula is C22H32N4OS.